The van der Waals surface area contributed by atoms with Crippen LogP contribution in [0.2, 0.25) is 0 Å². The molecular weight excluding hydrogens is 528 g/mol. The first-order chi connectivity index (χ1) is 18.7. The molecule has 2 fully saturated rings. The van der Waals surface area contributed by atoms with E-state index in [9.17, 15) is 40.9 Å². The van der Waals surface area contributed by atoms with E-state index in [4.69, 9.17) is 18.9 Å². The summed E-state index contributed by atoms with van der Waals surface area (Å²) in [5.74, 6) is 0.726. The molecular formula is C28H38O12. The smallest absolute Gasteiger partial charge is 0.231 e. The van der Waals surface area contributed by atoms with Crippen molar-refractivity contribution in [1.29, 1.82) is 0 Å². The van der Waals surface area contributed by atoms with Crippen LogP contribution < -0.4 is 9.47 Å². The molecule has 12 nitrogen and oxygen atoms in total. The predicted octanol–water partition coefficient (Wildman–Crippen LogP) is -0.892. The van der Waals surface area contributed by atoms with E-state index in [1.807, 2.05) is 12.1 Å². The van der Waals surface area contributed by atoms with Crippen molar-refractivity contribution in [3.8, 4) is 22.6 Å². The van der Waals surface area contributed by atoms with Crippen molar-refractivity contribution in [2.75, 3.05) is 13.2 Å². The standard InChI is InChI=1S/C28H38O12/c1-13-9-15(5-7-17(13)37-25-27(3,35)23(33)21(31)19(11-29)39-25)16-6-8-18(14(2)10-16)38-26-28(4,36)24(34)22(32)20(12-30)40-26/h5-10,19-26,29-36H,11-12H2,1-4H3/t19-,20-,21-,22-,23+,24+,25+,26+,27-,28+/m1/s1. The van der Waals surface area contributed by atoms with Crippen LogP contribution in [0, 0.1) is 13.8 Å². The molecule has 4 rings (SSSR count). The van der Waals surface area contributed by atoms with Crippen LogP contribution in [-0.2, 0) is 9.47 Å². The fourth-order valence-electron chi connectivity index (χ4n) is 4.88. The summed E-state index contributed by atoms with van der Waals surface area (Å²) >= 11 is 0. The zero-order valence-corrected chi connectivity index (χ0v) is 22.7. The highest BCUT2D eigenvalue weighted by atomic mass is 16.7. The van der Waals surface area contributed by atoms with Crippen molar-refractivity contribution in [3.63, 3.8) is 0 Å². The van der Waals surface area contributed by atoms with Crippen LogP contribution in [0.3, 0.4) is 0 Å². The van der Waals surface area contributed by atoms with Gasteiger partial charge in [0.2, 0.25) is 12.6 Å². The molecule has 222 valence electrons. The van der Waals surface area contributed by atoms with Crippen molar-refractivity contribution >= 4 is 0 Å². The van der Waals surface area contributed by atoms with Crippen molar-refractivity contribution < 1.29 is 59.8 Å². The van der Waals surface area contributed by atoms with Gasteiger partial charge in [-0.25, -0.2) is 0 Å². The minimum absolute atomic E-state index is 0.363. The number of rotatable bonds is 7. The van der Waals surface area contributed by atoms with Gasteiger partial charge < -0.3 is 59.8 Å². The Morgan fingerprint density at radius 3 is 1.32 bits per heavy atom. The van der Waals surface area contributed by atoms with Crippen molar-refractivity contribution in [2.24, 2.45) is 0 Å². The summed E-state index contributed by atoms with van der Waals surface area (Å²) in [6.45, 7) is 4.99. The van der Waals surface area contributed by atoms with Gasteiger partial charge in [0.05, 0.1) is 13.2 Å². The maximum Gasteiger partial charge on any atom is 0.231 e. The van der Waals surface area contributed by atoms with Crippen molar-refractivity contribution in [1.82, 2.24) is 0 Å². The van der Waals surface area contributed by atoms with Gasteiger partial charge in [-0.2, -0.15) is 0 Å². The molecule has 12 heteroatoms. The quantitative estimate of drug-likeness (QED) is 0.206. The molecule has 0 bridgehead atoms. The Hall–Kier alpha value is -2.36. The molecule has 2 aliphatic heterocycles. The van der Waals surface area contributed by atoms with Crippen LogP contribution in [0.1, 0.15) is 25.0 Å². The maximum atomic E-state index is 10.7. The predicted molar refractivity (Wildman–Crippen MR) is 139 cm³/mol. The van der Waals surface area contributed by atoms with Gasteiger partial charge in [0.1, 0.15) is 48.1 Å². The maximum absolute atomic E-state index is 10.7. The lowest BCUT2D eigenvalue weighted by molar-refractivity contribution is -0.315. The number of hydrogen-bond acceptors (Lipinski definition) is 12. The van der Waals surface area contributed by atoms with E-state index < -0.39 is 73.6 Å². The van der Waals surface area contributed by atoms with E-state index in [-0.39, 0.29) is 0 Å². The zero-order valence-electron chi connectivity index (χ0n) is 22.7. The highest BCUT2D eigenvalue weighted by Crippen LogP contribution is 2.36. The number of aliphatic hydroxyl groups excluding tert-OH is 6. The Morgan fingerprint density at radius 2 is 1.02 bits per heavy atom. The molecule has 0 radical (unpaired) electrons. The minimum atomic E-state index is -1.94. The normalized spacial score (nSPS) is 38.2. The Bertz CT molecular complexity index is 1090. The van der Waals surface area contributed by atoms with E-state index in [1.54, 1.807) is 38.1 Å². The van der Waals surface area contributed by atoms with E-state index >= 15 is 0 Å². The Kier molecular flexibility index (Phi) is 8.79. The van der Waals surface area contributed by atoms with E-state index in [0.29, 0.717) is 22.6 Å². The van der Waals surface area contributed by atoms with Crippen LogP contribution in [0.25, 0.3) is 11.1 Å². The van der Waals surface area contributed by atoms with Crippen LogP contribution in [-0.4, -0.2) is 114 Å². The highest BCUT2D eigenvalue weighted by Gasteiger charge is 2.54. The third-order valence-corrected chi connectivity index (χ3v) is 7.67. The van der Waals surface area contributed by atoms with E-state index in [0.717, 1.165) is 11.1 Å². The topological polar surface area (TPSA) is 199 Å². The average Bonchev–Trinajstić information content (AvgIpc) is 2.91. The van der Waals surface area contributed by atoms with E-state index in [1.165, 1.54) is 13.8 Å². The Morgan fingerprint density at radius 1 is 0.675 bits per heavy atom. The molecule has 40 heavy (non-hydrogen) atoms. The number of benzene rings is 2. The molecule has 2 aromatic carbocycles. The molecule has 8 N–H and O–H groups in total. The summed E-state index contributed by atoms with van der Waals surface area (Å²) < 4.78 is 22.8. The molecule has 2 aliphatic rings. The van der Waals surface area contributed by atoms with Gasteiger partial charge >= 0.3 is 0 Å². The summed E-state index contributed by atoms with van der Waals surface area (Å²) in [7, 11) is 0. The molecule has 0 unspecified atom stereocenters. The largest absolute Gasteiger partial charge is 0.461 e. The molecule has 0 saturated carbocycles. The second-order valence-electron chi connectivity index (χ2n) is 10.9. The second-order valence-corrected chi connectivity index (χ2v) is 10.9. The van der Waals surface area contributed by atoms with Crippen LogP contribution in [0.5, 0.6) is 11.5 Å². The summed E-state index contributed by atoms with van der Waals surface area (Å²) in [5, 5.41) is 81.1. The zero-order chi connectivity index (χ0) is 29.6. The number of aryl methyl sites for hydroxylation is 2. The first-order valence-electron chi connectivity index (χ1n) is 13.0. The summed E-state index contributed by atoms with van der Waals surface area (Å²) in [6, 6.07) is 10.6. The molecule has 2 aromatic rings. The van der Waals surface area contributed by atoms with Crippen molar-refractivity contribution in [3.05, 3.63) is 47.5 Å². The lowest BCUT2D eigenvalue weighted by Gasteiger charge is -2.45. The Labute approximate surface area is 231 Å². The SMILES string of the molecule is Cc1cc(-c2ccc(O[C@H]3O[C@H](CO)[C@@H](O)[C@H](O)[C@]3(C)O)c(C)c2)ccc1O[C@H]1O[C@H](CO)[C@@H](O)[C@H](O)[C@@]1(C)O. The fraction of sp³-hybridized carbons (Fsp3) is 0.571. The second kappa shape index (κ2) is 11.5. The van der Waals surface area contributed by atoms with Gasteiger partial charge in [0.15, 0.2) is 11.2 Å². The first kappa shape index (κ1) is 30.6. The molecule has 0 spiro atoms. The first-order valence-corrected chi connectivity index (χ1v) is 13.0. The van der Waals surface area contributed by atoms with E-state index in [2.05, 4.69) is 0 Å². The summed E-state index contributed by atoms with van der Waals surface area (Å²) in [6.07, 6.45) is -11.1. The molecule has 2 saturated heterocycles. The van der Waals surface area contributed by atoms with Gasteiger partial charge in [0, 0.05) is 0 Å². The summed E-state index contributed by atoms with van der Waals surface area (Å²) in [5.41, 5.74) is -0.878. The number of ether oxygens (including phenoxy) is 4. The van der Waals surface area contributed by atoms with Gasteiger partial charge in [-0.05, 0) is 74.2 Å². The van der Waals surface area contributed by atoms with Crippen molar-refractivity contribution in [2.45, 2.75) is 88.1 Å². The minimum Gasteiger partial charge on any atom is -0.461 e. The van der Waals surface area contributed by atoms with Crippen LogP contribution in [0.15, 0.2) is 36.4 Å². The molecule has 0 amide bonds. The molecule has 10 atom stereocenters. The monoisotopic (exact) mass is 566 g/mol. The van der Waals surface area contributed by atoms with Gasteiger partial charge in [-0.15, -0.1) is 0 Å². The van der Waals surface area contributed by atoms with Gasteiger partial charge in [-0.1, -0.05) is 12.1 Å². The molecule has 2 heterocycles. The highest BCUT2D eigenvalue weighted by molar-refractivity contribution is 5.67. The van der Waals surface area contributed by atoms with Crippen LogP contribution >= 0.6 is 0 Å². The fourth-order valence-corrected chi connectivity index (χ4v) is 4.88. The molecule has 0 aliphatic carbocycles. The number of hydrogen-bond donors (Lipinski definition) is 8. The van der Waals surface area contributed by atoms with Gasteiger partial charge in [0.25, 0.3) is 0 Å². The summed E-state index contributed by atoms with van der Waals surface area (Å²) in [4.78, 5) is 0. The third kappa shape index (κ3) is 5.57. The Balaban J connectivity index is 1.51. The molecule has 0 aromatic heterocycles. The van der Waals surface area contributed by atoms with Crippen LogP contribution in [0.4, 0.5) is 0 Å². The number of aliphatic hydroxyl groups is 8. The lowest BCUT2D eigenvalue weighted by Crippen LogP contribution is -2.66. The third-order valence-electron chi connectivity index (χ3n) is 7.67. The van der Waals surface area contributed by atoms with Gasteiger partial charge in [-0.3, -0.25) is 0 Å². The average molecular weight is 567 g/mol. The lowest BCUT2D eigenvalue weighted by atomic mass is 9.88.